The number of fused-ring (bicyclic) bond motifs is 1. The second kappa shape index (κ2) is 2.46. The highest BCUT2D eigenvalue weighted by atomic mass is 16.3. The van der Waals surface area contributed by atoms with E-state index in [1.54, 1.807) is 0 Å². The van der Waals surface area contributed by atoms with Crippen molar-refractivity contribution in [2.24, 2.45) is 5.92 Å². The van der Waals surface area contributed by atoms with Crippen molar-refractivity contribution >= 4 is 0 Å². The maximum Gasteiger partial charge on any atom is 0.119 e. The van der Waals surface area contributed by atoms with E-state index in [1.807, 2.05) is 0 Å². The number of hydrogen-bond donors (Lipinski definition) is 2. The predicted molar refractivity (Wildman–Crippen MR) is 44.1 cm³/mol. The second-order valence-corrected chi connectivity index (χ2v) is 4.15. The number of hydrogen-bond acceptors (Lipinski definition) is 2. The Labute approximate surface area is 68.0 Å². The van der Waals surface area contributed by atoms with Crippen molar-refractivity contribution in [2.45, 2.75) is 50.8 Å². The molecule has 0 radical (unpaired) electrons. The van der Waals surface area contributed by atoms with Crippen molar-refractivity contribution < 1.29 is 5.11 Å². The molecule has 0 aromatic rings. The first kappa shape index (κ1) is 7.56. The molecule has 11 heavy (non-hydrogen) atoms. The van der Waals surface area contributed by atoms with Crippen molar-refractivity contribution in [3.63, 3.8) is 0 Å². The van der Waals surface area contributed by atoms with Crippen LogP contribution in [0.2, 0.25) is 0 Å². The largest absolute Gasteiger partial charge is 0.376 e. The molecule has 0 bridgehead atoms. The average molecular weight is 155 g/mol. The zero-order valence-electron chi connectivity index (χ0n) is 7.14. The summed E-state index contributed by atoms with van der Waals surface area (Å²) in [4.78, 5) is 0. The van der Waals surface area contributed by atoms with Crippen LogP contribution in [0, 0.1) is 5.92 Å². The molecule has 3 atom stereocenters. The summed E-state index contributed by atoms with van der Waals surface area (Å²) in [6.45, 7) is 2.16. The van der Waals surface area contributed by atoms with Gasteiger partial charge in [0.2, 0.25) is 0 Å². The molecule has 2 heteroatoms. The van der Waals surface area contributed by atoms with E-state index in [0.717, 1.165) is 12.8 Å². The highest BCUT2D eigenvalue weighted by Crippen LogP contribution is 2.39. The average Bonchev–Trinajstić information content (AvgIpc) is 2.22. The zero-order valence-corrected chi connectivity index (χ0v) is 7.14. The van der Waals surface area contributed by atoms with Crippen LogP contribution in [0.5, 0.6) is 0 Å². The molecule has 2 N–H and O–H groups in total. The molecular formula is C9H17NO. The van der Waals surface area contributed by atoms with Gasteiger partial charge in [0.05, 0.1) is 0 Å². The van der Waals surface area contributed by atoms with Crippen LogP contribution in [0.1, 0.15) is 39.0 Å². The first-order chi connectivity index (χ1) is 5.21. The zero-order chi connectivity index (χ0) is 7.90. The Morgan fingerprint density at radius 2 is 2.27 bits per heavy atom. The van der Waals surface area contributed by atoms with E-state index in [1.165, 1.54) is 19.3 Å². The Balaban J connectivity index is 2.11. The molecule has 0 aromatic heterocycles. The Morgan fingerprint density at radius 3 is 3.00 bits per heavy atom. The molecule has 1 saturated carbocycles. The van der Waals surface area contributed by atoms with Gasteiger partial charge in [0.25, 0.3) is 0 Å². The fourth-order valence-corrected chi connectivity index (χ4v) is 2.64. The van der Waals surface area contributed by atoms with E-state index in [4.69, 9.17) is 0 Å². The van der Waals surface area contributed by atoms with Gasteiger partial charge in [0.1, 0.15) is 5.72 Å². The molecule has 1 saturated heterocycles. The molecule has 1 heterocycles. The molecule has 64 valence electrons. The summed E-state index contributed by atoms with van der Waals surface area (Å²) in [6.07, 6.45) is 5.83. The molecule has 2 nitrogen and oxygen atoms in total. The Bertz CT molecular complexity index is 160. The van der Waals surface area contributed by atoms with Gasteiger partial charge in [-0.15, -0.1) is 0 Å². The van der Waals surface area contributed by atoms with E-state index in [-0.39, 0.29) is 0 Å². The van der Waals surface area contributed by atoms with E-state index in [9.17, 15) is 5.11 Å². The Kier molecular flexibility index (Phi) is 1.69. The summed E-state index contributed by atoms with van der Waals surface area (Å²) < 4.78 is 0. The standard InChI is InChI=1S/C9H17NO/c1-7-6-8-4-2-3-5-9(8,11)10-7/h7-8,10-11H,2-6H2,1H3. The van der Waals surface area contributed by atoms with Crippen LogP contribution in [0.3, 0.4) is 0 Å². The molecule has 2 rings (SSSR count). The fourth-order valence-electron chi connectivity index (χ4n) is 2.64. The lowest BCUT2D eigenvalue weighted by atomic mass is 9.82. The summed E-state index contributed by atoms with van der Waals surface area (Å²) >= 11 is 0. The van der Waals surface area contributed by atoms with E-state index >= 15 is 0 Å². The fraction of sp³-hybridized carbons (Fsp3) is 1.00. The van der Waals surface area contributed by atoms with E-state index in [0.29, 0.717) is 12.0 Å². The second-order valence-electron chi connectivity index (χ2n) is 4.15. The molecule has 2 aliphatic rings. The van der Waals surface area contributed by atoms with Crippen molar-refractivity contribution in [3.05, 3.63) is 0 Å². The molecule has 0 aromatic carbocycles. The van der Waals surface area contributed by atoms with Gasteiger partial charge in [0.15, 0.2) is 0 Å². The third kappa shape index (κ3) is 1.18. The topological polar surface area (TPSA) is 32.3 Å². The summed E-state index contributed by atoms with van der Waals surface area (Å²) in [7, 11) is 0. The summed E-state index contributed by atoms with van der Waals surface area (Å²) in [5.74, 6) is 0.534. The summed E-state index contributed by atoms with van der Waals surface area (Å²) in [5.41, 5.74) is -0.488. The van der Waals surface area contributed by atoms with Gasteiger partial charge in [0, 0.05) is 12.0 Å². The van der Waals surface area contributed by atoms with Gasteiger partial charge in [-0.25, -0.2) is 0 Å². The molecule has 1 aliphatic carbocycles. The van der Waals surface area contributed by atoms with Crippen molar-refractivity contribution in [3.8, 4) is 0 Å². The van der Waals surface area contributed by atoms with Gasteiger partial charge >= 0.3 is 0 Å². The minimum Gasteiger partial charge on any atom is -0.376 e. The van der Waals surface area contributed by atoms with Crippen LogP contribution in [-0.4, -0.2) is 16.9 Å². The summed E-state index contributed by atoms with van der Waals surface area (Å²) in [5, 5.41) is 13.4. The normalized spacial score (nSPS) is 50.7. The molecule has 2 fully saturated rings. The highest BCUT2D eigenvalue weighted by molar-refractivity contribution is 4.96. The third-order valence-corrected chi connectivity index (χ3v) is 3.17. The van der Waals surface area contributed by atoms with Gasteiger partial charge in [-0.2, -0.15) is 0 Å². The lowest BCUT2D eigenvalue weighted by Gasteiger charge is -2.34. The third-order valence-electron chi connectivity index (χ3n) is 3.17. The van der Waals surface area contributed by atoms with Crippen molar-refractivity contribution in [1.82, 2.24) is 5.32 Å². The van der Waals surface area contributed by atoms with Crippen molar-refractivity contribution in [2.75, 3.05) is 0 Å². The van der Waals surface area contributed by atoms with Crippen LogP contribution >= 0.6 is 0 Å². The van der Waals surface area contributed by atoms with Crippen LogP contribution in [-0.2, 0) is 0 Å². The van der Waals surface area contributed by atoms with E-state index < -0.39 is 5.72 Å². The van der Waals surface area contributed by atoms with Crippen LogP contribution in [0.15, 0.2) is 0 Å². The van der Waals surface area contributed by atoms with Gasteiger partial charge in [-0.05, 0) is 32.6 Å². The smallest absolute Gasteiger partial charge is 0.119 e. The Morgan fingerprint density at radius 1 is 1.45 bits per heavy atom. The number of nitrogens with one attached hydrogen (secondary N) is 1. The molecule has 0 amide bonds. The minimum atomic E-state index is -0.488. The molecular weight excluding hydrogens is 138 g/mol. The first-order valence-electron chi connectivity index (χ1n) is 4.71. The molecule has 0 spiro atoms. The molecule has 3 unspecified atom stereocenters. The lowest BCUT2D eigenvalue weighted by molar-refractivity contribution is -0.0476. The predicted octanol–water partition coefficient (Wildman–Crippen LogP) is 1.25. The van der Waals surface area contributed by atoms with Crippen LogP contribution in [0.4, 0.5) is 0 Å². The van der Waals surface area contributed by atoms with Gasteiger partial charge in [-0.3, -0.25) is 5.32 Å². The quantitative estimate of drug-likeness (QED) is 0.551. The first-order valence-corrected chi connectivity index (χ1v) is 4.71. The van der Waals surface area contributed by atoms with Gasteiger partial charge < -0.3 is 5.11 Å². The monoisotopic (exact) mass is 155 g/mol. The van der Waals surface area contributed by atoms with Gasteiger partial charge in [-0.1, -0.05) is 6.42 Å². The van der Waals surface area contributed by atoms with E-state index in [2.05, 4.69) is 12.2 Å². The SMILES string of the molecule is CC1CC2CCCCC2(O)N1. The van der Waals surface area contributed by atoms with Crippen LogP contribution in [0.25, 0.3) is 0 Å². The minimum absolute atomic E-state index is 0.488. The maximum atomic E-state index is 10.1. The van der Waals surface area contributed by atoms with Crippen molar-refractivity contribution in [1.29, 1.82) is 0 Å². The highest BCUT2D eigenvalue weighted by Gasteiger charge is 2.44. The summed E-state index contributed by atoms with van der Waals surface area (Å²) in [6, 6.07) is 0.517. The van der Waals surface area contributed by atoms with Crippen LogP contribution < -0.4 is 5.32 Å². The maximum absolute atomic E-state index is 10.1. The molecule has 1 aliphatic heterocycles. The lowest BCUT2D eigenvalue weighted by Crippen LogP contribution is -2.47. The number of rotatable bonds is 0. The number of aliphatic hydroxyl groups is 1. The Hall–Kier alpha value is -0.0800.